The Bertz CT molecular complexity index is 1120. The summed E-state index contributed by atoms with van der Waals surface area (Å²) in [6, 6.07) is 14.6. The average molecular weight is 389 g/mol. The fraction of sp³-hybridized carbons (Fsp3) is 0. The van der Waals surface area contributed by atoms with Gasteiger partial charge in [0.2, 0.25) is 0 Å². The van der Waals surface area contributed by atoms with E-state index in [4.69, 9.17) is 27.6 Å². The maximum absolute atomic E-state index is 12.3. The summed E-state index contributed by atoms with van der Waals surface area (Å²) in [5, 5.41) is 7.11. The molecule has 0 saturated carbocycles. The Balaban J connectivity index is 1.75. The molecule has 124 valence electrons. The zero-order chi connectivity index (χ0) is 17.4. The lowest BCUT2D eigenvalue weighted by Crippen LogP contribution is -2.03. The van der Waals surface area contributed by atoms with Crippen LogP contribution in [0, 0.1) is 0 Å². The molecule has 0 unspecified atom stereocenters. The first kappa shape index (κ1) is 16.1. The van der Waals surface area contributed by atoms with E-state index in [1.165, 1.54) is 11.3 Å². The van der Waals surface area contributed by atoms with Crippen molar-refractivity contribution in [3.63, 3.8) is 0 Å². The zero-order valence-corrected chi connectivity index (χ0v) is 15.0. The molecule has 0 radical (unpaired) electrons. The van der Waals surface area contributed by atoms with Crippen molar-refractivity contribution in [1.82, 2.24) is 4.98 Å². The summed E-state index contributed by atoms with van der Waals surface area (Å²) in [5.41, 5.74) is 1.65. The lowest BCUT2D eigenvalue weighted by atomic mass is 10.1. The summed E-state index contributed by atoms with van der Waals surface area (Å²) in [5.74, 6) is 0. The second-order valence-corrected chi connectivity index (χ2v) is 6.98. The molecule has 0 spiro atoms. The minimum Gasteiger partial charge on any atom is -0.421 e. The smallest absolute Gasteiger partial charge is 0.345 e. The van der Waals surface area contributed by atoms with Crippen LogP contribution >= 0.6 is 34.5 Å². The van der Waals surface area contributed by atoms with Crippen molar-refractivity contribution in [1.29, 1.82) is 0 Å². The molecule has 0 aliphatic heterocycles. The molecule has 4 nitrogen and oxygen atoms in total. The Labute approximate surface area is 156 Å². The number of hydrogen-bond donors (Lipinski definition) is 1. The first-order chi connectivity index (χ1) is 12.1. The van der Waals surface area contributed by atoms with Crippen LogP contribution in [-0.4, -0.2) is 4.98 Å². The van der Waals surface area contributed by atoms with Gasteiger partial charge in [-0.25, -0.2) is 9.78 Å². The largest absolute Gasteiger partial charge is 0.421 e. The molecule has 2 aromatic carbocycles. The van der Waals surface area contributed by atoms with Gasteiger partial charge < -0.3 is 9.73 Å². The molecule has 4 aromatic rings. The van der Waals surface area contributed by atoms with Crippen LogP contribution in [0.2, 0.25) is 10.0 Å². The fourth-order valence-corrected chi connectivity index (χ4v) is 3.71. The van der Waals surface area contributed by atoms with Crippen LogP contribution in [0.4, 0.5) is 10.8 Å². The van der Waals surface area contributed by atoms with Gasteiger partial charge in [-0.15, -0.1) is 11.3 Å². The van der Waals surface area contributed by atoms with Gasteiger partial charge in [0.15, 0.2) is 10.7 Å². The van der Waals surface area contributed by atoms with Crippen molar-refractivity contribution in [3.05, 3.63) is 74.4 Å². The van der Waals surface area contributed by atoms with Crippen molar-refractivity contribution in [3.8, 4) is 11.3 Å². The molecule has 0 bridgehead atoms. The standard InChI is InChI=1S/C18H10Cl2N2O2S/c19-11-6-10-7-13(17(23)24-16(10)14(20)8-11)15-9-25-18(22-15)21-12-4-2-1-3-5-12/h1-9H,(H,21,22). The van der Waals surface area contributed by atoms with Gasteiger partial charge in [0, 0.05) is 21.5 Å². The number of halogens is 2. The van der Waals surface area contributed by atoms with E-state index >= 15 is 0 Å². The fourth-order valence-electron chi connectivity index (χ4n) is 2.44. The van der Waals surface area contributed by atoms with Gasteiger partial charge in [0.05, 0.1) is 16.3 Å². The van der Waals surface area contributed by atoms with Crippen molar-refractivity contribution in [2.24, 2.45) is 0 Å². The first-order valence-electron chi connectivity index (χ1n) is 7.31. The number of rotatable bonds is 3. The normalized spacial score (nSPS) is 11.0. The van der Waals surface area contributed by atoms with Gasteiger partial charge >= 0.3 is 5.63 Å². The highest BCUT2D eigenvalue weighted by Gasteiger charge is 2.14. The monoisotopic (exact) mass is 388 g/mol. The number of nitrogens with one attached hydrogen (secondary N) is 1. The van der Waals surface area contributed by atoms with Crippen LogP contribution in [-0.2, 0) is 0 Å². The molecule has 0 amide bonds. The summed E-state index contributed by atoms with van der Waals surface area (Å²) >= 11 is 13.5. The first-order valence-corrected chi connectivity index (χ1v) is 8.94. The average Bonchev–Trinajstić information content (AvgIpc) is 3.04. The van der Waals surface area contributed by atoms with Crippen molar-refractivity contribution in [2.75, 3.05) is 5.32 Å². The van der Waals surface area contributed by atoms with E-state index in [1.807, 2.05) is 30.3 Å². The number of hydrogen-bond acceptors (Lipinski definition) is 5. The maximum atomic E-state index is 12.3. The van der Waals surface area contributed by atoms with Crippen molar-refractivity contribution in [2.45, 2.75) is 0 Å². The number of benzene rings is 2. The molecule has 2 heterocycles. The minimum atomic E-state index is -0.492. The van der Waals surface area contributed by atoms with Crippen LogP contribution in [0.5, 0.6) is 0 Å². The molecule has 7 heteroatoms. The lowest BCUT2D eigenvalue weighted by Gasteiger charge is -2.03. The predicted molar refractivity (Wildman–Crippen MR) is 103 cm³/mol. The lowest BCUT2D eigenvalue weighted by molar-refractivity contribution is 0.563. The molecule has 0 atom stereocenters. The van der Waals surface area contributed by atoms with E-state index in [2.05, 4.69) is 10.3 Å². The van der Waals surface area contributed by atoms with E-state index < -0.39 is 5.63 Å². The Morgan fingerprint density at radius 2 is 1.88 bits per heavy atom. The van der Waals surface area contributed by atoms with Gasteiger partial charge in [-0.05, 0) is 30.3 Å². The Hall–Kier alpha value is -2.34. The molecule has 1 N–H and O–H groups in total. The van der Waals surface area contributed by atoms with Crippen LogP contribution in [0.3, 0.4) is 0 Å². The molecule has 0 saturated heterocycles. The maximum Gasteiger partial charge on any atom is 0.345 e. The molecule has 0 aliphatic carbocycles. The van der Waals surface area contributed by atoms with Gasteiger partial charge in [-0.2, -0.15) is 0 Å². The Kier molecular flexibility index (Phi) is 4.21. The van der Waals surface area contributed by atoms with Crippen LogP contribution in [0.25, 0.3) is 22.2 Å². The Morgan fingerprint density at radius 3 is 2.68 bits per heavy atom. The molecule has 0 aliphatic rings. The third-order valence-electron chi connectivity index (χ3n) is 3.56. The van der Waals surface area contributed by atoms with Crippen molar-refractivity contribution >= 4 is 56.3 Å². The summed E-state index contributed by atoms with van der Waals surface area (Å²) in [7, 11) is 0. The second kappa shape index (κ2) is 6.52. The highest BCUT2D eigenvalue weighted by molar-refractivity contribution is 7.14. The van der Waals surface area contributed by atoms with Crippen LogP contribution in [0.15, 0.2) is 63.1 Å². The number of thiazole rings is 1. The van der Waals surface area contributed by atoms with Crippen molar-refractivity contribution < 1.29 is 4.42 Å². The van der Waals surface area contributed by atoms with Crippen LogP contribution < -0.4 is 10.9 Å². The molecule has 25 heavy (non-hydrogen) atoms. The highest BCUT2D eigenvalue weighted by atomic mass is 35.5. The summed E-state index contributed by atoms with van der Waals surface area (Å²) in [4.78, 5) is 16.8. The number of nitrogens with zero attached hydrogens (tertiary/aromatic N) is 1. The minimum absolute atomic E-state index is 0.302. The van der Waals surface area contributed by atoms with Gasteiger partial charge in [0.1, 0.15) is 0 Å². The molecule has 2 aromatic heterocycles. The quantitative estimate of drug-likeness (QED) is 0.439. The predicted octanol–water partition coefficient (Wildman–Crippen LogP) is 5.97. The number of fused-ring (bicyclic) bond motifs is 1. The van der Waals surface area contributed by atoms with Crippen LogP contribution in [0.1, 0.15) is 0 Å². The van der Waals surface area contributed by atoms with E-state index in [0.29, 0.717) is 37.4 Å². The number of para-hydroxylation sites is 1. The second-order valence-electron chi connectivity index (χ2n) is 5.28. The third kappa shape index (κ3) is 3.26. The summed E-state index contributed by atoms with van der Waals surface area (Å²) in [6.45, 7) is 0. The molecular weight excluding hydrogens is 379 g/mol. The summed E-state index contributed by atoms with van der Waals surface area (Å²) < 4.78 is 5.36. The number of anilines is 2. The zero-order valence-electron chi connectivity index (χ0n) is 12.6. The van der Waals surface area contributed by atoms with E-state index in [9.17, 15) is 4.79 Å². The van der Waals surface area contributed by atoms with E-state index in [1.54, 1.807) is 23.6 Å². The SMILES string of the molecule is O=c1oc2c(Cl)cc(Cl)cc2cc1-c1csc(Nc2ccccc2)n1. The van der Waals surface area contributed by atoms with E-state index in [-0.39, 0.29) is 0 Å². The Morgan fingerprint density at radius 1 is 1.08 bits per heavy atom. The van der Waals surface area contributed by atoms with Gasteiger partial charge in [-0.3, -0.25) is 0 Å². The number of aromatic nitrogens is 1. The molecular formula is C18H10Cl2N2O2S. The molecule has 0 fully saturated rings. The van der Waals surface area contributed by atoms with Gasteiger partial charge in [-0.1, -0.05) is 41.4 Å². The van der Waals surface area contributed by atoms with E-state index in [0.717, 1.165) is 5.69 Å². The summed E-state index contributed by atoms with van der Waals surface area (Å²) in [6.07, 6.45) is 0. The topological polar surface area (TPSA) is 55.1 Å². The third-order valence-corrected chi connectivity index (χ3v) is 4.81. The highest BCUT2D eigenvalue weighted by Crippen LogP contribution is 2.31. The molecule has 4 rings (SSSR count). The van der Waals surface area contributed by atoms with Gasteiger partial charge in [0.25, 0.3) is 0 Å².